The molecule has 2 aromatic rings. The van der Waals surface area contributed by atoms with Gasteiger partial charge in [0, 0.05) is 37.1 Å². The molecule has 2 aromatic carbocycles. The van der Waals surface area contributed by atoms with Crippen molar-refractivity contribution >= 4 is 11.6 Å². The summed E-state index contributed by atoms with van der Waals surface area (Å²) >= 11 is 0. The van der Waals surface area contributed by atoms with E-state index in [9.17, 15) is 9.59 Å². The third kappa shape index (κ3) is 5.95. The zero-order valence-corrected chi connectivity index (χ0v) is 15.4. The minimum absolute atomic E-state index is 0.156. The van der Waals surface area contributed by atoms with Crippen LogP contribution in [0.2, 0.25) is 0 Å². The number of carbonyl (C=O) groups is 2. The number of carbonyl (C=O) groups excluding carboxylic acids is 2. The molecular weight excluding hydrogens is 310 g/mol. The van der Waals surface area contributed by atoms with Crippen LogP contribution in [0.3, 0.4) is 0 Å². The zero-order valence-electron chi connectivity index (χ0n) is 15.4. The van der Waals surface area contributed by atoms with Crippen molar-refractivity contribution < 1.29 is 9.59 Å². The van der Waals surface area contributed by atoms with Gasteiger partial charge in [-0.2, -0.15) is 0 Å². The Balaban J connectivity index is 1.81. The van der Waals surface area contributed by atoms with Gasteiger partial charge >= 0.3 is 0 Å². The van der Waals surface area contributed by atoms with Gasteiger partial charge in [-0.05, 0) is 20.4 Å². The van der Waals surface area contributed by atoms with E-state index in [1.165, 1.54) is 0 Å². The highest BCUT2D eigenvalue weighted by molar-refractivity contribution is 5.96. The molecule has 0 saturated carbocycles. The summed E-state index contributed by atoms with van der Waals surface area (Å²) in [7, 11) is 0. The minimum Gasteiger partial charge on any atom is -0.303 e. The Morgan fingerprint density at radius 2 is 1.08 bits per heavy atom. The van der Waals surface area contributed by atoms with E-state index in [0.29, 0.717) is 25.9 Å². The first kappa shape index (κ1) is 19.1. The summed E-state index contributed by atoms with van der Waals surface area (Å²) in [5.74, 6) is 0.312. The summed E-state index contributed by atoms with van der Waals surface area (Å²) in [6, 6.07) is 15.4. The Bertz CT molecular complexity index is 640. The predicted octanol–water partition coefficient (Wildman–Crippen LogP) is 4.47. The van der Waals surface area contributed by atoms with Crippen molar-refractivity contribution in [3.05, 3.63) is 70.8 Å². The summed E-state index contributed by atoms with van der Waals surface area (Å²) in [6.07, 6.45) is 0.964. The van der Waals surface area contributed by atoms with E-state index in [2.05, 4.69) is 11.8 Å². The molecule has 3 nitrogen and oxygen atoms in total. The molecule has 0 aliphatic carbocycles. The first-order chi connectivity index (χ1) is 12.0. The van der Waals surface area contributed by atoms with Crippen LogP contribution in [0.15, 0.2) is 48.5 Å². The van der Waals surface area contributed by atoms with Gasteiger partial charge in [0.1, 0.15) is 0 Å². The van der Waals surface area contributed by atoms with Crippen molar-refractivity contribution in [3.63, 3.8) is 0 Å². The molecule has 0 aliphatic rings. The van der Waals surface area contributed by atoms with E-state index in [1.54, 1.807) is 0 Å². The monoisotopic (exact) mass is 337 g/mol. The van der Waals surface area contributed by atoms with Gasteiger partial charge in [-0.25, -0.2) is 0 Å². The maximum atomic E-state index is 12.3. The number of hydrogen-bond donors (Lipinski definition) is 0. The van der Waals surface area contributed by atoms with Gasteiger partial charge in [0.25, 0.3) is 0 Å². The third-order valence-electron chi connectivity index (χ3n) is 4.50. The van der Waals surface area contributed by atoms with Crippen LogP contribution in [0.1, 0.15) is 51.6 Å². The lowest BCUT2D eigenvalue weighted by Gasteiger charge is -2.19. The summed E-state index contributed by atoms with van der Waals surface area (Å²) in [4.78, 5) is 26.7. The van der Waals surface area contributed by atoms with Crippen molar-refractivity contribution in [1.82, 2.24) is 4.90 Å². The highest BCUT2D eigenvalue weighted by Gasteiger charge is 2.12. The van der Waals surface area contributed by atoms with Gasteiger partial charge in [-0.1, -0.05) is 66.6 Å². The maximum Gasteiger partial charge on any atom is 0.164 e. The van der Waals surface area contributed by atoms with Crippen molar-refractivity contribution in [3.8, 4) is 0 Å². The van der Waals surface area contributed by atoms with Crippen LogP contribution in [0.5, 0.6) is 0 Å². The van der Waals surface area contributed by atoms with Gasteiger partial charge in [0.05, 0.1) is 0 Å². The van der Waals surface area contributed by atoms with E-state index in [1.807, 2.05) is 62.4 Å². The molecule has 0 N–H and O–H groups in total. The number of nitrogens with zero attached hydrogens (tertiary/aromatic N) is 1. The average Bonchev–Trinajstić information content (AvgIpc) is 2.62. The quantitative estimate of drug-likeness (QED) is 0.634. The molecule has 0 radical (unpaired) electrons. The molecule has 0 aliphatic heterocycles. The van der Waals surface area contributed by atoms with Gasteiger partial charge in [0.15, 0.2) is 11.6 Å². The van der Waals surface area contributed by atoms with Gasteiger partial charge in [-0.3, -0.25) is 9.59 Å². The number of benzene rings is 2. The third-order valence-corrected chi connectivity index (χ3v) is 4.50. The summed E-state index contributed by atoms with van der Waals surface area (Å²) in [6.45, 7) is 8.29. The molecule has 132 valence electrons. The molecule has 0 bridgehead atoms. The molecule has 0 aromatic heterocycles. The van der Waals surface area contributed by atoms with Crippen molar-refractivity contribution in [2.24, 2.45) is 0 Å². The van der Waals surface area contributed by atoms with Crippen LogP contribution in [0, 0.1) is 13.8 Å². The SMILES string of the molecule is CCN(CCC(=O)c1ccc(C)cc1)CCC(=O)c1ccc(C)cc1. The number of hydrogen-bond acceptors (Lipinski definition) is 3. The minimum atomic E-state index is 0.156. The van der Waals surface area contributed by atoms with Gasteiger partial charge in [0.2, 0.25) is 0 Å². The lowest BCUT2D eigenvalue weighted by molar-refractivity contribution is 0.0949. The van der Waals surface area contributed by atoms with Crippen LogP contribution >= 0.6 is 0 Å². The molecule has 0 fully saturated rings. The van der Waals surface area contributed by atoms with E-state index >= 15 is 0 Å². The smallest absolute Gasteiger partial charge is 0.164 e. The Morgan fingerprint density at radius 1 is 0.720 bits per heavy atom. The summed E-state index contributed by atoms with van der Waals surface area (Å²) in [5, 5.41) is 0. The molecule has 0 atom stereocenters. The van der Waals surface area contributed by atoms with Crippen LogP contribution in [0.25, 0.3) is 0 Å². The maximum absolute atomic E-state index is 12.3. The first-order valence-electron chi connectivity index (χ1n) is 8.91. The largest absolute Gasteiger partial charge is 0.303 e. The normalized spacial score (nSPS) is 10.9. The Morgan fingerprint density at radius 3 is 1.40 bits per heavy atom. The highest BCUT2D eigenvalue weighted by Crippen LogP contribution is 2.09. The Hall–Kier alpha value is -2.26. The fraction of sp³-hybridized carbons (Fsp3) is 0.364. The Labute approximate surface area is 150 Å². The lowest BCUT2D eigenvalue weighted by atomic mass is 10.1. The molecular formula is C22H27NO2. The Kier molecular flexibility index (Phi) is 7.08. The van der Waals surface area contributed by atoms with Crippen LogP contribution in [-0.2, 0) is 0 Å². The molecule has 2 rings (SSSR count). The fourth-order valence-corrected chi connectivity index (χ4v) is 2.71. The molecule has 25 heavy (non-hydrogen) atoms. The predicted molar refractivity (Wildman–Crippen MR) is 102 cm³/mol. The number of aryl methyl sites for hydroxylation is 2. The highest BCUT2D eigenvalue weighted by atomic mass is 16.1. The van der Waals surface area contributed by atoms with Crippen LogP contribution in [0.4, 0.5) is 0 Å². The van der Waals surface area contributed by atoms with E-state index in [0.717, 1.165) is 28.8 Å². The van der Waals surface area contributed by atoms with E-state index < -0.39 is 0 Å². The number of Topliss-reactive ketones (excluding diaryl/α,β-unsaturated/α-hetero) is 2. The molecule has 3 heteroatoms. The molecule has 0 amide bonds. The van der Waals surface area contributed by atoms with E-state index in [4.69, 9.17) is 0 Å². The van der Waals surface area contributed by atoms with Crippen molar-refractivity contribution in [1.29, 1.82) is 0 Å². The fourth-order valence-electron chi connectivity index (χ4n) is 2.71. The second-order valence-corrected chi connectivity index (χ2v) is 6.51. The average molecular weight is 337 g/mol. The van der Waals surface area contributed by atoms with Crippen LogP contribution < -0.4 is 0 Å². The second kappa shape index (κ2) is 9.28. The molecule has 0 unspecified atom stereocenters. The van der Waals surface area contributed by atoms with Crippen molar-refractivity contribution in [2.75, 3.05) is 19.6 Å². The molecule has 0 saturated heterocycles. The van der Waals surface area contributed by atoms with Gasteiger partial charge in [-0.15, -0.1) is 0 Å². The zero-order chi connectivity index (χ0) is 18.2. The molecule has 0 heterocycles. The summed E-state index contributed by atoms with van der Waals surface area (Å²) < 4.78 is 0. The van der Waals surface area contributed by atoms with Crippen LogP contribution in [-0.4, -0.2) is 36.1 Å². The number of rotatable bonds is 9. The first-order valence-corrected chi connectivity index (χ1v) is 8.91. The second-order valence-electron chi connectivity index (χ2n) is 6.51. The molecule has 0 spiro atoms. The van der Waals surface area contributed by atoms with E-state index in [-0.39, 0.29) is 11.6 Å². The summed E-state index contributed by atoms with van der Waals surface area (Å²) in [5.41, 5.74) is 3.83. The topological polar surface area (TPSA) is 37.4 Å². The number of ketones is 2. The lowest BCUT2D eigenvalue weighted by Crippen LogP contribution is -2.28. The van der Waals surface area contributed by atoms with Crippen molar-refractivity contribution in [2.45, 2.75) is 33.6 Å². The van der Waals surface area contributed by atoms with Gasteiger partial charge < -0.3 is 4.90 Å². The standard InChI is InChI=1S/C22H27NO2/c1-4-23(15-13-21(24)19-9-5-17(2)6-10-19)16-14-22(25)20-11-7-18(3)8-12-20/h5-12H,4,13-16H2,1-3H3.